The van der Waals surface area contributed by atoms with Crippen LogP contribution in [0.2, 0.25) is 0 Å². The van der Waals surface area contributed by atoms with Crippen molar-refractivity contribution < 1.29 is 9.53 Å². The lowest BCUT2D eigenvalue weighted by Gasteiger charge is -2.36. The van der Waals surface area contributed by atoms with E-state index in [4.69, 9.17) is 17.0 Å². The van der Waals surface area contributed by atoms with Crippen LogP contribution in [0.1, 0.15) is 17.8 Å². The standard InChI is InChI=1S/C17H16N2O2S2/c1-11-14(16(20)21-2)15(13-9-6-10-23-13)18-17(22)19(11)12-7-4-3-5-8-12/h3-10,15H,1-2H3,(H,18,22)/t15-/m1/s1. The maximum Gasteiger partial charge on any atom is 0.338 e. The lowest BCUT2D eigenvalue weighted by Crippen LogP contribution is -2.47. The van der Waals surface area contributed by atoms with Gasteiger partial charge in [0.2, 0.25) is 0 Å². The number of nitrogens with zero attached hydrogens (tertiary/aromatic N) is 1. The largest absolute Gasteiger partial charge is 0.466 e. The van der Waals surface area contributed by atoms with Crippen LogP contribution < -0.4 is 10.2 Å². The Balaban J connectivity index is 2.13. The van der Waals surface area contributed by atoms with Gasteiger partial charge in [0.1, 0.15) is 0 Å². The molecular formula is C17H16N2O2S2. The zero-order valence-corrected chi connectivity index (χ0v) is 14.4. The summed E-state index contributed by atoms with van der Waals surface area (Å²) < 4.78 is 5.01. The lowest BCUT2D eigenvalue weighted by atomic mass is 10.0. The molecule has 0 aliphatic carbocycles. The molecule has 0 saturated heterocycles. The van der Waals surface area contributed by atoms with Gasteiger partial charge in [0.05, 0.1) is 18.7 Å². The van der Waals surface area contributed by atoms with Gasteiger partial charge in [-0.3, -0.25) is 4.90 Å². The second kappa shape index (κ2) is 6.52. The maximum atomic E-state index is 12.4. The zero-order valence-electron chi connectivity index (χ0n) is 12.8. The number of carbonyl (C=O) groups is 1. The molecule has 1 atom stereocenters. The average molecular weight is 344 g/mol. The summed E-state index contributed by atoms with van der Waals surface area (Å²) in [6.07, 6.45) is 0. The first-order valence-corrected chi connectivity index (χ1v) is 8.40. The zero-order chi connectivity index (χ0) is 16.4. The van der Waals surface area contributed by atoms with Gasteiger partial charge < -0.3 is 10.1 Å². The molecule has 3 rings (SSSR count). The van der Waals surface area contributed by atoms with Gasteiger partial charge in [-0.1, -0.05) is 24.3 Å². The minimum atomic E-state index is -0.350. The summed E-state index contributed by atoms with van der Waals surface area (Å²) in [5, 5.41) is 5.82. The molecule has 1 aliphatic rings. The first-order chi connectivity index (χ1) is 11.1. The summed E-state index contributed by atoms with van der Waals surface area (Å²) in [5.41, 5.74) is 2.27. The number of hydrogen-bond acceptors (Lipinski definition) is 4. The van der Waals surface area contributed by atoms with E-state index in [9.17, 15) is 4.79 Å². The van der Waals surface area contributed by atoms with Gasteiger partial charge in [-0.25, -0.2) is 4.79 Å². The van der Waals surface area contributed by atoms with E-state index in [0.29, 0.717) is 10.7 Å². The van der Waals surface area contributed by atoms with Crippen LogP contribution in [0.4, 0.5) is 5.69 Å². The molecule has 6 heteroatoms. The molecule has 0 amide bonds. The van der Waals surface area contributed by atoms with Crippen LogP contribution in [-0.4, -0.2) is 18.2 Å². The maximum absolute atomic E-state index is 12.4. The normalized spacial score (nSPS) is 17.9. The minimum Gasteiger partial charge on any atom is -0.466 e. The number of ether oxygens (including phenoxy) is 1. The van der Waals surface area contributed by atoms with Crippen molar-refractivity contribution in [1.82, 2.24) is 5.32 Å². The number of thiocarbonyl (C=S) groups is 1. The summed E-state index contributed by atoms with van der Waals surface area (Å²) >= 11 is 7.13. The number of methoxy groups -OCH3 is 1. The number of hydrogen-bond donors (Lipinski definition) is 1. The number of thiophene rings is 1. The summed E-state index contributed by atoms with van der Waals surface area (Å²) in [4.78, 5) is 15.3. The van der Waals surface area contributed by atoms with Crippen molar-refractivity contribution in [2.75, 3.05) is 12.0 Å². The van der Waals surface area contributed by atoms with Crippen molar-refractivity contribution in [3.05, 3.63) is 64.0 Å². The molecule has 1 N–H and O–H groups in total. The van der Waals surface area contributed by atoms with E-state index < -0.39 is 0 Å². The SMILES string of the molecule is COC(=O)C1=C(C)N(c2ccccc2)C(=S)N[C@@H]1c1cccs1. The monoisotopic (exact) mass is 344 g/mol. The van der Waals surface area contributed by atoms with Crippen LogP contribution in [0, 0.1) is 0 Å². The number of allylic oxidation sites excluding steroid dienone is 1. The summed E-state index contributed by atoms with van der Waals surface area (Å²) in [6.45, 7) is 1.90. The fourth-order valence-electron chi connectivity index (χ4n) is 2.67. The molecule has 118 valence electrons. The highest BCUT2D eigenvalue weighted by molar-refractivity contribution is 7.80. The summed E-state index contributed by atoms with van der Waals surface area (Å²) in [5.74, 6) is -0.350. The number of para-hydroxylation sites is 1. The Morgan fingerprint density at radius 3 is 2.61 bits per heavy atom. The van der Waals surface area contributed by atoms with Gasteiger partial charge in [0, 0.05) is 16.3 Å². The molecule has 1 aliphatic heterocycles. The first kappa shape index (κ1) is 15.7. The minimum absolute atomic E-state index is 0.282. The van der Waals surface area contributed by atoms with E-state index in [1.165, 1.54) is 7.11 Å². The van der Waals surface area contributed by atoms with E-state index in [1.54, 1.807) is 11.3 Å². The molecule has 2 heterocycles. The number of benzene rings is 1. The molecule has 0 bridgehead atoms. The van der Waals surface area contributed by atoms with Gasteiger partial charge in [0.15, 0.2) is 5.11 Å². The van der Waals surface area contributed by atoms with Gasteiger partial charge in [-0.15, -0.1) is 11.3 Å². The highest BCUT2D eigenvalue weighted by Gasteiger charge is 2.35. The third-order valence-electron chi connectivity index (χ3n) is 3.73. The molecule has 0 spiro atoms. The van der Waals surface area contributed by atoms with E-state index in [0.717, 1.165) is 16.3 Å². The average Bonchev–Trinajstić information content (AvgIpc) is 3.09. The smallest absolute Gasteiger partial charge is 0.338 e. The molecular weight excluding hydrogens is 328 g/mol. The Kier molecular flexibility index (Phi) is 4.45. The summed E-state index contributed by atoms with van der Waals surface area (Å²) in [6, 6.07) is 13.4. The number of esters is 1. The fraction of sp³-hybridized carbons (Fsp3) is 0.176. The Bertz CT molecular complexity index is 754. The summed E-state index contributed by atoms with van der Waals surface area (Å²) in [7, 11) is 1.40. The number of anilines is 1. The van der Waals surface area contributed by atoms with Crippen LogP contribution in [-0.2, 0) is 9.53 Å². The molecule has 0 saturated carbocycles. The van der Waals surface area contributed by atoms with Crippen molar-refractivity contribution in [1.29, 1.82) is 0 Å². The van der Waals surface area contributed by atoms with Crippen molar-refractivity contribution in [2.24, 2.45) is 0 Å². The van der Waals surface area contributed by atoms with E-state index in [-0.39, 0.29) is 12.0 Å². The molecule has 0 fully saturated rings. The van der Waals surface area contributed by atoms with Crippen LogP contribution in [0.5, 0.6) is 0 Å². The third-order valence-corrected chi connectivity index (χ3v) is 4.97. The highest BCUT2D eigenvalue weighted by atomic mass is 32.1. The third kappa shape index (κ3) is 2.87. The second-order valence-electron chi connectivity index (χ2n) is 5.06. The number of carbonyl (C=O) groups excluding carboxylic acids is 1. The van der Waals surface area contributed by atoms with Crippen LogP contribution in [0.15, 0.2) is 59.1 Å². The van der Waals surface area contributed by atoms with Gasteiger partial charge >= 0.3 is 5.97 Å². The highest BCUT2D eigenvalue weighted by Crippen LogP contribution is 2.35. The van der Waals surface area contributed by atoms with Crippen LogP contribution >= 0.6 is 23.6 Å². The topological polar surface area (TPSA) is 41.6 Å². The first-order valence-electron chi connectivity index (χ1n) is 7.11. The van der Waals surface area contributed by atoms with E-state index >= 15 is 0 Å². The van der Waals surface area contributed by atoms with Gasteiger partial charge in [0.25, 0.3) is 0 Å². The Hall–Kier alpha value is -2.18. The van der Waals surface area contributed by atoms with Gasteiger partial charge in [-0.2, -0.15) is 0 Å². The van der Waals surface area contributed by atoms with E-state index in [2.05, 4.69) is 5.32 Å². The van der Waals surface area contributed by atoms with Crippen molar-refractivity contribution in [3.8, 4) is 0 Å². The van der Waals surface area contributed by atoms with Crippen molar-refractivity contribution >= 4 is 40.3 Å². The molecule has 1 aromatic heterocycles. The second-order valence-corrected chi connectivity index (χ2v) is 6.43. The Morgan fingerprint density at radius 1 is 1.26 bits per heavy atom. The quantitative estimate of drug-likeness (QED) is 0.680. The van der Waals surface area contributed by atoms with Crippen molar-refractivity contribution in [2.45, 2.75) is 13.0 Å². The van der Waals surface area contributed by atoms with E-state index in [1.807, 2.05) is 59.7 Å². The van der Waals surface area contributed by atoms with Crippen LogP contribution in [0.3, 0.4) is 0 Å². The predicted molar refractivity (Wildman–Crippen MR) is 96.4 cm³/mol. The lowest BCUT2D eigenvalue weighted by molar-refractivity contribution is -0.136. The number of rotatable bonds is 3. The molecule has 4 nitrogen and oxygen atoms in total. The van der Waals surface area contributed by atoms with Gasteiger partial charge in [-0.05, 0) is 42.7 Å². The Morgan fingerprint density at radius 2 is 2.00 bits per heavy atom. The fourth-order valence-corrected chi connectivity index (χ4v) is 3.82. The predicted octanol–water partition coefficient (Wildman–Crippen LogP) is 3.63. The molecule has 0 radical (unpaired) electrons. The molecule has 1 aromatic carbocycles. The van der Waals surface area contributed by atoms with Crippen molar-refractivity contribution in [3.63, 3.8) is 0 Å². The Labute approximate surface area is 144 Å². The number of nitrogens with one attached hydrogen (secondary N) is 1. The molecule has 0 unspecified atom stereocenters. The molecule has 23 heavy (non-hydrogen) atoms. The van der Waals surface area contributed by atoms with Crippen LogP contribution in [0.25, 0.3) is 0 Å². The molecule has 2 aromatic rings.